The van der Waals surface area contributed by atoms with E-state index in [4.69, 9.17) is 15.3 Å². The van der Waals surface area contributed by atoms with Crippen molar-refractivity contribution >= 4 is 0 Å². The molecule has 0 aliphatic carbocycles. The summed E-state index contributed by atoms with van der Waals surface area (Å²) < 4.78 is 33.6. The Morgan fingerprint density at radius 2 is 1.16 bits per heavy atom. The van der Waals surface area contributed by atoms with Crippen molar-refractivity contribution in [3.8, 4) is 12.1 Å². The van der Waals surface area contributed by atoms with Gasteiger partial charge in [-0.3, -0.25) is 0 Å². The largest absolute Gasteiger partial charge is 0.360 e. The third-order valence-electron chi connectivity index (χ3n) is 3.32. The Labute approximate surface area is 110 Å². The van der Waals surface area contributed by atoms with Gasteiger partial charge >= 0.3 is 0 Å². The molecule has 0 aromatic heterocycles. The molecule has 0 radical (unpaired) electrons. The first-order valence-electron chi connectivity index (χ1n) is 5.73. The fraction of sp³-hybridized carbons (Fsp3) is 0.429. The van der Waals surface area contributed by atoms with Gasteiger partial charge in [-0.05, 0) is 27.7 Å². The molecular formula is C14H12F2N2O. The average Bonchev–Trinajstić information content (AvgIpc) is 2.47. The molecular weight excluding hydrogens is 250 g/mol. The molecule has 1 aromatic carbocycles. The van der Waals surface area contributed by atoms with Crippen LogP contribution in [0.25, 0.3) is 0 Å². The van der Waals surface area contributed by atoms with E-state index in [0.717, 1.165) is 0 Å². The molecule has 2 rings (SSSR count). The number of hydrogen-bond acceptors (Lipinski definition) is 3. The van der Waals surface area contributed by atoms with Crippen LogP contribution in [0.1, 0.15) is 49.9 Å². The normalized spacial score (nSPS) is 18.5. The lowest BCUT2D eigenvalue weighted by molar-refractivity contribution is -0.105. The van der Waals surface area contributed by atoms with Crippen molar-refractivity contribution in [2.75, 3.05) is 0 Å². The Morgan fingerprint density at radius 1 is 0.842 bits per heavy atom. The topological polar surface area (TPSA) is 56.8 Å². The zero-order chi connectivity index (χ0) is 14.6. The van der Waals surface area contributed by atoms with Gasteiger partial charge in [0.2, 0.25) is 0 Å². The number of benzene rings is 1. The van der Waals surface area contributed by atoms with Crippen molar-refractivity contribution < 1.29 is 13.5 Å². The van der Waals surface area contributed by atoms with Crippen LogP contribution in [0.5, 0.6) is 0 Å². The van der Waals surface area contributed by atoms with Crippen LogP contribution in [0.15, 0.2) is 0 Å². The lowest BCUT2D eigenvalue weighted by Gasteiger charge is -2.25. The third kappa shape index (κ3) is 1.63. The summed E-state index contributed by atoms with van der Waals surface area (Å²) in [6, 6.07) is 3.35. The third-order valence-corrected chi connectivity index (χ3v) is 3.32. The number of ether oxygens (including phenoxy) is 1. The molecule has 19 heavy (non-hydrogen) atoms. The highest BCUT2D eigenvalue weighted by atomic mass is 19.2. The van der Waals surface area contributed by atoms with Gasteiger partial charge in [0, 0.05) is 11.1 Å². The molecule has 0 saturated heterocycles. The molecule has 98 valence electrons. The van der Waals surface area contributed by atoms with Crippen molar-refractivity contribution in [1.29, 1.82) is 10.5 Å². The van der Waals surface area contributed by atoms with Gasteiger partial charge < -0.3 is 4.74 Å². The van der Waals surface area contributed by atoms with Crippen LogP contribution in [0.4, 0.5) is 8.78 Å². The summed E-state index contributed by atoms with van der Waals surface area (Å²) >= 11 is 0. The zero-order valence-corrected chi connectivity index (χ0v) is 11.1. The van der Waals surface area contributed by atoms with Gasteiger partial charge in [0.15, 0.2) is 11.6 Å². The summed E-state index contributed by atoms with van der Waals surface area (Å²) in [5, 5.41) is 18.2. The summed E-state index contributed by atoms with van der Waals surface area (Å²) in [4.78, 5) is 0. The van der Waals surface area contributed by atoms with E-state index < -0.39 is 22.8 Å². The molecule has 0 unspecified atom stereocenters. The van der Waals surface area contributed by atoms with E-state index >= 15 is 0 Å². The Morgan fingerprint density at radius 3 is 1.42 bits per heavy atom. The van der Waals surface area contributed by atoms with E-state index in [1.807, 2.05) is 0 Å². The lowest BCUT2D eigenvalue weighted by atomic mass is 9.83. The predicted molar refractivity (Wildman–Crippen MR) is 62.9 cm³/mol. The van der Waals surface area contributed by atoms with Crippen molar-refractivity contribution in [3.05, 3.63) is 33.9 Å². The highest BCUT2D eigenvalue weighted by Gasteiger charge is 2.48. The van der Waals surface area contributed by atoms with Gasteiger partial charge in [0.05, 0.1) is 22.3 Å². The summed E-state index contributed by atoms with van der Waals surface area (Å²) in [6.45, 7) is 6.67. The van der Waals surface area contributed by atoms with Crippen LogP contribution in [0.3, 0.4) is 0 Å². The first-order chi connectivity index (χ1) is 8.67. The predicted octanol–water partition coefficient (Wildman–Crippen LogP) is 3.21. The number of halogens is 2. The van der Waals surface area contributed by atoms with Gasteiger partial charge in [-0.15, -0.1) is 0 Å². The molecule has 3 nitrogen and oxygen atoms in total. The molecule has 1 aromatic rings. The number of fused-ring (bicyclic) bond motifs is 1. The fourth-order valence-corrected chi connectivity index (χ4v) is 2.84. The monoisotopic (exact) mass is 262 g/mol. The maximum Gasteiger partial charge on any atom is 0.178 e. The summed E-state index contributed by atoms with van der Waals surface area (Å²) in [5.74, 6) is -2.57. The number of hydrogen-bond donors (Lipinski definition) is 0. The minimum absolute atomic E-state index is 0.260. The van der Waals surface area contributed by atoms with E-state index in [0.29, 0.717) is 0 Å². The van der Waals surface area contributed by atoms with Gasteiger partial charge in [-0.2, -0.15) is 10.5 Å². The summed E-state index contributed by atoms with van der Waals surface area (Å²) in [6.07, 6.45) is 0. The maximum atomic E-state index is 13.9. The molecule has 0 fully saturated rings. The second-order valence-electron chi connectivity index (χ2n) is 5.47. The Kier molecular flexibility index (Phi) is 2.66. The van der Waals surface area contributed by atoms with Crippen molar-refractivity contribution in [2.24, 2.45) is 0 Å². The molecule has 0 bridgehead atoms. The van der Waals surface area contributed by atoms with Crippen LogP contribution in [0, 0.1) is 34.3 Å². The smallest absolute Gasteiger partial charge is 0.178 e. The first kappa shape index (κ1) is 13.5. The summed E-state index contributed by atoms with van der Waals surface area (Å²) in [5.41, 5.74) is -2.16. The molecule has 0 saturated carbocycles. The molecule has 0 amide bonds. The molecule has 1 aliphatic rings. The van der Waals surface area contributed by atoms with E-state index in [1.54, 1.807) is 39.8 Å². The van der Waals surface area contributed by atoms with E-state index in [9.17, 15) is 8.78 Å². The lowest BCUT2D eigenvalue weighted by Crippen LogP contribution is -2.23. The van der Waals surface area contributed by atoms with Crippen LogP contribution in [-0.2, 0) is 15.9 Å². The Bertz CT molecular complexity index is 607. The van der Waals surface area contributed by atoms with Crippen LogP contribution in [0.2, 0.25) is 0 Å². The second kappa shape index (κ2) is 3.76. The highest BCUT2D eigenvalue weighted by Crippen LogP contribution is 2.50. The van der Waals surface area contributed by atoms with E-state index in [1.165, 1.54) is 0 Å². The quantitative estimate of drug-likeness (QED) is 0.721. The van der Waals surface area contributed by atoms with Crippen LogP contribution < -0.4 is 0 Å². The SMILES string of the molecule is CC1(C)OC(C)(C)c2c(C#N)c(F)c(F)c(C#N)c21. The number of nitrogens with zero attached hydrogens (tertiary/aromatic N) is 2. The zero-order valence-electron chi connectivity index (χ0n) is 11.1. The van der Waals surface area contributed by atoms with Crippen molar-refractivity contribution in [1.82, 2.24) is 0 Å². The van der Waals surface area contributed by atoms with Gasteiger partial charge in [-0.25, -0.2) is 8.78 Å². The summed E-state index contributed by atoms with van der Waals surface area (Å²) in [7, 11) is 0. The Hall–Kier alpha value is -1.98. The van der Waals surface area contributed by atoms with E-state index in [2.05, 4.69) is 0 Å². The van der Waals surface area contributed by atoms with Crippen molar-refractivity contribution in [3.63, 3.8) is 0 Å². The fourth-order valence-electron chi connectivity index (χ4n) is 2.84. The van der Waals surface area contributed by atoms with Crippen LogP contribution in [-0.4, -0.2) is 0 Å². The van der Waals surface area contributed by atoms with Gasteiger partial charge in [0.25, 0.3) is 0 Å². The van der Waals surface area contributed by atoms with Gasteiger partial charge in [0.1, 0.15) is 12.1 Å². The molecule has 1 heterocycles. The Balaban J connectivity index is 3.06. The molecule has 0 atom stereocenters. The molecule has 5 heteroatoms. The second-order valence-corrected chi connectivity index (χ2v) is 5.47. The number of rotatable bonds is 0. The number of nitriles is 2. The average molecular weight is 262 g/mol. The molecule has 0 N–H and O–H groups in total. The van der Waals surface area contributed by atoms with Crippen LogP contribution >= 0.6 is 0 Å². The van der Waals surface area contributed by atoms with E-state index in [-0.39, 0.29) is 22.3 Å². The standard InChI is InChI=1S/C14H12F2N2O/c1-13(2)9-7(5-17)11(15)12(16)8(6-18)10(9)14(3,4)19-13/h1-4H3. The highest BCUT2D eigenvalue weighted by molar-refractivity contribution is 5.58. The van der Waals surface area contributed by atoms with Crippen molar-refractivity contribution in [2.45, 2.75) is 38.9 Å². The minimum atomic E-state index is -1.29. The molecule has 0 spiro atoms. The minimum Gasteiger partial charge on any atom is -0.360 e. The van der Waals surface area contributed by atoms with Gasteiger partial charge in [-0.1, -0.05) is 0 Å². The first-order valence-corrected chi connectivity index (χ1v) is 5.73. The maximum absolute atomic E-state index is 13.9. The molecule has 1 aliphatic heterocycles.